The van der Waals surface area contributed by atoms with Crippen molar-refractivity contribution in [2.45, 2.75) is 52.6 Å². The monoisotopic (exact) mass is 271 g/mol. The van der Waals surface area contributed by atoms with Gasteiger partial charge in [0.1, 0.15) is 6.04 Å². The molecule has 112 valence electrons. The largest absolute Gasteiger partial charge is 0.347 e. The smallest absolute Gasteiger partial charge is 0.244 e. The molecule has 2 amide bonds. The van der Waals surface area contributed by atoms with E-state index in [0.717, 1.165) is 6.42 Å². The SMILES string of the molecule is CCC(C)NCC(=O)NC(CC(C)C)C(=O)N(C)C. The van der Waals surface area contributed by atoms with Crippen LogP contribution < -0.4 is 10.6 Å². The summed E-state index contributed by atoms with van der Waals surface area (Å²) in [5.74, 6) is 0.184. The Hall–Kier alpha value is -1.10. The highest BCUT2D eigenvalue weighted by molar-refractivity contribution is 5.88. The van der Waals surface area contributed by atoms with E-state index in [1.807, 2.05) is 20.8 Å². The molecule has 0 bridgehead atoms. The van der Waals surface area contributed by atoms with Gasteiger partial charge in [0.2, 0.25) is 11.8 Å². The van der Waals surface area contributed by atoms with Crippen LogP contribution in [0.2, 0.25) is 0 Å². The summed E-state index contributed by atoms with van der Waals surface area (Å²) in [7, 11) is 3.42. The summed E-state index contributed by atoms with van der Waals surface area (Å²) in [5, 5.41) is 5.94. The summed E-state index contributed by atoms with van der Waals surface area (Å²) < 4.78 is 0. The predicted molar refractivity (Wildman–Crippen MR) is 77.8 cm³/mol. The maximum absolute atomic E-state index is 12.0. The fourth-order valence-corrected chi connectivity index (χ4v) is 1.66. The van der Waals surface area contributed by atoms with Crippen molar-refractivity contribution in [3.05, 3.63) is 0 Å². The number of carbonyl (C=O) groups is 2. The van der Waals surface area contributed by atoms with Crippen LogP contribution in [0.25, 0.3) is 0 Å². The van der Waals surface area contributed by atoms with Gasteiger partial charge in [-0.1, -0.05) is 20.8 Å². The molecule has 0 saturated heterocycles. The molecule has 0 rings (SSSR count). The Morgan fingerprint density at radius 3 is 2.16 bits per heavy atom. The Morgan fingerprint density at radius 1 is 1.16 bits per heavy atom. The minimum Gasteiger partial charge on any atom is -0.347 e. The first-order valence-corrected chi connectivity index (χ1v) is 7.01. The maximum atomic E-state index is 12.0. The van der Waals surface area contributed by atoms with Crippen molar-refractivity contribution in [3.8, 4) is 0 Å². The number of nitrogens with zero attached hydrogens (tertiary/aromatic N) is 1. The lowest BCUT2D eigenvalue weighted by atomic mass is 10.0. The molecule has 0 aromatic carbocycles. The van der Waals surface area contributed by atoms with Crippen molar-refractivity contribution in [1.82, 2.24) is 15.5 Å². The Morgan fingerprint density at radius 2 is 1.74 bits per heavy atom. The quantitative estimate of drug-likeness (QED) is 0.692. The van der Waals surface area contributed by atoms with Gasteiger partial charge in [0.05, 0.1) is 6.54 Å². The molecule has 0 spiro atoms. The lowest BCUT2D eigenvalue weighted by Gasteiger charge is -2.23. The summed E-state index contributed by atoms with van der Waals surface area (Å²) in [5.41, 5.74) is 0. The molecule has 2 atom stereocenters. The molecular formula is C14H29N3O2. The van der Waals surface area contributed by atoms with E-state index in [9.17, 15) is 9.59 Å². The highest BCUT2D eigenvalue weighted by atomic mass is 16.2. The third-order valence-corrected chi connectivity index (χ3v) is 3.00. The molecule has 0 aliphatic heterocycles. The topological polar surface area (TPSA) is 61.4 Å². The van der Waals surface area contributed by atoms with Crippen molar-refractivity contribution in [2.75, 3.05) is 20.6 Å². The third-order valence-electron chi connectivity index (χ3n) is 3.00. The van der Waals surface area contributed by atoms with Gasteiger partial charge < -0.3 is 15.5 Å². The molecule has 5 heteroatoms. The third kappa shape index (κ3) is 7.82. The average molecular weight is 271 g/mol. The van der Waals surface area contributed by atoms with Crippen LogP contribution in [0.3, 0.4) is 0 Å². The van der Waals surface area contributed by atoms with Crippen LogP contribution in [0.4, 0.5) is 0 Å². The van der Waals surface area contributed by atoms with E-state index in [4.69, 9.17) is 0 Å². The molecule has 2 N–H and O–H groups in total. The minimum atomic E-state index is -0.429. The molecule has 0 fully saturated rings. The number of rotatable bonds is 8. The zero-order valence-corrected chi connectivity index (χ0v) is 13.1. The number of nitrogens with one attached hydrogen (secondary N) is 2. The predicted octanol–water partition coefficient (Wildman–Crippen LogP) is 0.994. The lowest BCUT2D eigenvalue weighted by Crippen LogP contribution is -2.49. The first-order valence-electron chi connectivity index (χ1n) is 7.01. The number of carbonyl (C=O) groups excluding carboxylic acids is 2. The van der Waals surface area contributed by atoms with Gasteiger partial charge in [0, 0.05) is 20.1 Å². The van der Waals surface area contributed by atoms with Crippen LogP contribution in [0.15, 0.2) is 0 Å². The van der Waals surface area contributed by atoms with Gasteiger partial charge in [-0.3, -0.25) is 9.59 Å². The van der Waals surface area contributed by atoms with E-state index in [1.165, 1.54) is 4.90 Å². The van der Waals surface area contributed by atoms with Crippen LogP contribution >= 0.6 is 0 Å². The highest BCUT2D eigenvalue weighted by Crippen LogP contribution is 2.06. The Balaban J connectivity index is 4.39. The van der Waals surface area contributed by atoms with Gasteiger partial charge in [0.25, 0.3) is 0 Å². The molecule has 5 nitrogen and oxygen atoms in total. The standard InChI is InChI=1S/C14H29N3O2/c1-7-11(4)15-9-13(18)16-12(8-10(2)3)14(19)17(5)6/h10-12,15H,7-9H2,1-6H3,(H,16,18). The molecule has 0 radical (unpaired) electrons. The Labute approximate surface area is 117 Å². The first kappa shape index (κ1) is 17.9. The van der Waals surface area contributed by atoms with Crippen molar-refractivity contribution >= 4 is 11.8 Å². The Kier molecular flexibility index (Phi) is 8.39. The van der Waals surface area contributed by atoms with Crippen molar-refractivity contribution in [3.63, 3.8) is 0 Å². The van der Waals surface area contributed by atoms with Crippen molar-refractivity contribution < 1.29 is 9.59 Å². The first-order chi connectivity index (χ1) is 8.77. The number of likely N-dealkylation sites (N-methyl/N-ethyl adjacent to an activating group) is 1. The summed E-state index contributed by atoms with van der Waals surface area (Å²) in [4.78, 5) is 25.4. The minimum absolute atomic E-state index is 0.0504. The van der Waals surface area contributed by atoms with Crippen LogP contribution in [-0.2, 0) is 9.59 Å². The van der Waals surface area contributed by atoms with Gasteiger partial charge in [-0.05, 0) is 25.7 Å². The van der Waals surface area contributed by atoms with E-state index in [2.05, 4.69) is 17.6 Å². The molecule has 0 aromatic heterocycles. The van der Waals surface area contributed by atoms with Gasteiger partial charge in [0.15, 0.2) is 0 Å². The summed E-state index contributed by atoms with van der Waals surface area (Å²) in [6, 6.07) is -0.125. The molecular weight excluding hydrogens is 242 g/mol. The normalized spacial score (nSPS) is 14.1. The van der Waals surface area contributed by atoms with Crippen LogP contribution in [0, 0.1) is 5.92 Å². The van der Waals surface area contributed by atoms with E-state index >= 15 is 0 Å². The summed E-state index contributed by atoms with van der Waals surface area (Å²) in [6.45, 7) is 8.43. The second-order valence-corrected chi connectivity index (χ2v) is 5.67. The fourth-order valence-electron chi connectivity index (χ4n) is 1.66. The van der Waals surface area contributed by atoms with Gasteiger partial charge >= 0.3 is 0 Å². The lowest BCUT2D eigenvalue weighted by molar-refractivity contribution is -0.134. The molecule has 0 aliphatic rings. The van der Waals surface area contributed by atoms with Gasteiger partial charge in [-0.25, -0.2) is 0 Å². The molecule has 0 heterocycles. The second kappa shape index (κ2) is 8.91. The summed E-state index contributed by atoms with van der Waals surface area (Å²) >= 11 is 0. The van der Waals surface area contributed by atoms with E-state index in [1.54, 1.807) is 14.1 Å². The summed E-state index contributed by atoms with van der Waals surface area (Å²) in [6.07, 6.45) is 1.63. The fraction of sp³-hybridized carbons (Fsp3) is 0.857. The van der Waals surface area contributed by atoms with Crippen LogP contribution in [0.5, 0.6) is 0 Å². The maximum Gasteiger partial charge on any atom is 0.244 e. The molecule has 0 aromatic rings. The van der Waals surface area contributed by atoms with Gasteiger partial charge in [-0.15, -0.1) is 0 Å². The van der Waals surface area contributed by atoms with E-state index < -0.39 is 6.04 Å². The zero-order valence-electron chi connectivity index (χ0n) is 13.1. The highest BCUT2D eigenvalue weighted by Gasteiger charge is 2.23. The number of hydrogen-bond donors (Lipinski definition) is 2. The Bertz CT molecular complexity index is 290. The molecule has 0 saturated carbocycles. The van der Waals surface area contributed by atoms with E-state index in [0.29, 0.717) is 18.4 Å². The molecule has 0 aliphatic carbocycles. The van der Waals surface area contributed by atoms with Crippen molar-refractivity contribution in [2.24, 2.45) is 5.92 Å². The average Bonchev–Trinajstić information content (AvgIpc) is 2.33. The number of hydrogen-bond acceptors (Lipinski definition) is 3. The van der Waals surface area contributed by atoms with Crippen molar-refractivity contribution in [1.29, 1.82) is 0 Å². The van der Waals surface area contributed by atoms with Crippen LogP contribution in [0.1, 0.15) is 40.5 Å². The van der Waals surface area contributed by atoms with E-state index in [-0.39, 0.29) is 18.4 Å². The second-order valence-electron chi connectivity index (χ2n) is 5.67. The zero-order chi connectivity index (χ0) is 15.0. The number of amides is 2. The van der Waals surface area contributed by atoms with Gasteiger partial charge in [-0.2, -0.15) is 0 Å². The molecule has 2 unspecified atom stereocenters. The molecule has 19 heavy (non-hydrogen) atoms. The van der Waals surface area contributed by atoms with Crippen LogP contribution in [-0.4, -0.2) is 49.4 Å².